The summed E-state index contributed by atoms with van der Waals surface area (Å²) in [5.74, 6) is 0.833. The molecule has 0 unspecified atom stereocenters. The van der Waals surface area contributed by atoms with Gasteiger partial charge >= 0.3 is 0 Å². The van der Waals surface area contributed by atoms with Gasteiger partial charge in [0, 0.05) is 25.2 Å². The van der Waals surface area contributed by atoms with E-state index in [4.69, 9.17) is 5.73 Å². The predicted octanol–water partition coefficient (Wildman–Crippen LogP) is 3.89. The highest BCUT2D eigenvalue weighted by Crippen LogP contribution is 2.31. The quantitative estimate of drug-likeness (QED) is 0.654. The third kappa shape index (κ3) is 6.94. The Balaban J connectivity index is 0. The lowest BCUT2D eigenvalue weighted by Gasteiger charge is -2.22. The molecular weight excluding hydrogens is 276 g/mol. The lowest BCUT2D eigenvalue weighted by Crippen LogP contribution is -2.16. The van der Waals surface area contributed by atoms with E-state index in [0.717, 1.165) is 29.9 Å². The molecule has 22 heavy (non-hydrogen) atoms. The van der Waals surface area contributed by atoms with Gasteiger partial charge in [0.1, 0.15) is 0 Å². The Kier molecular flexibility index (Phi) is 12.4. The largest absolute Gasteiger partial charge is 0.397 e. The lowest BCUT2D eigenvalue weighted by atomic mass is 9.97. The van der Waals surface area contributed by atoms with E-state index in [0.29, 0.717) is 16.8 Å². The van der Waals surface area contributed by atoms with Gasteiger partial charge in [0.25, 0.3) is 0 Å². The maximum absolute atomic E-state index is 11.1. The Hall–Kier alpha value is -1.55. The summed E-state index contributed by atoms with van der Waals surface area (Å²) in [5.41, 5.74) is 9.29. The molecule has 1 rings (SSSR count). The maximum atomic E-state index is 11.1. The summed E-state index contributed by atoms with van der Waals surface area (Å²) in [6.07, 6.45) is 1.51. The van der Waals surface area contributed by atoms with E-state index in [1.54, 1.807) is 6.07 Å². The van der Waals surface area contributed by atoms with Gasteiger partial charge in [0.15, 0.2) is 6.29 Å². The SMILES string of the molecule is CC.CC(C)C.CCc1cc(N)c(N(C)C)c(CO)c1C=O. The standard InChI is InChI=1S/C12H18N2O2.C4H10.C2H6/c1-4-8-5-11(13)12(14(2)3)10(7-16)9(8)6-15;1-4(2)3;1-2/h5-6,16H,4,7,13H2,1-3H3;4H,1-3H3;1-2H3. The second kappa shape index (κ2) is 12.0. The minimum atomic E-state index is -0.181. The van der Waals surface area contributed by atoms with Crippen LogP contribution >= 0.6 is 0 Å². The van der Waals surface area contributed by atoms with Gasteiger partial charge in [0.2, 0.25) is 0 Å². The van der Waals surface area contributed by atoms with E-state index < -0.39 is 0 Å². The molecule has 1 aromatic carbocycles. The summed E-state index contributed by atoms with van der Waals surface area (Å²) in [4.78, 5) is 12.9. The van der Waals surface area contributed by atoms with Crippen LogP contribution in [0.2, 0.25) is 0 Å². The molecule has 0 aliphatic rings. The summed E-state index contributed by atoms with van der Waals surface area (Å²) in [5, 5.41) is 9.38. The van der Waals surface area contributed by atoms with Crippen LogP contribution in [-0.4, -0.2) is 25.5 Å². The number of aliphatic hydroxyl groups is 1. The molecule has 0 atom stereocenters. The molecule has 4 nitrogen and oxygen atoms in total. The van der Waals surface area contributed by atoms with Gasteiger partial charge in [-0.25, -0.2) is 0 Å². The van der Waals surface area contributed by atoms with Crippen molar-refractivity contribution >= 4 is 17.7 Å². The fraction of sp³-hybridized carbons (Fsp3) is 0.611. The molecule has 128 valence electrons. The number of hydrogen-bond donors (Lipinski definition) is 2. The molecule has 0 heterocycles. The number of aryl methyl sites for hydroxylation is 1. The molecule has 3 N–H and O–H groups in total. The predicted molar refractivity (Wildman–Crippen MR) is 97.7 cm³/mol. The van der Waals surface area contributed by atoms with E-state index in [9.17, 15) is 9.90 Å². The minimum absolute atomic E-state index is 0.181. The lowest BCUT2D eigenvalue weighted by molar-refractivity contribution is 0.111. The number of nitrogens with two attached hydrogens (primary N) is 1. The molecule has 0 aliphatic heterocycles. The number of anilines is 2. The van der Waals surface area contributed by atoms with Crippen LogP contribution in [0, 0.1) is 5.92 Å². The van der Waals surface area contributed by atoms with Crippen molar-refractivity contribution in [3.8, 4) is 0 Å². The highest BCUT2D eigenvalue weighted by Gasteiger charge is 2.16. The molecule has 0 saturated carbocycles. The van der Waals surface area contributed by atoms with Crippen molar-refractivity contribution < 1.29 is 9.90 Å². The third-order valence-corrected chi connectivity index (χ3v) is 2.66. The Labute approximate surface area is 136 Å². The van der Waals surface area contributed by atoms with Crippen LogP contribution in [0.5, 0.6) is 0 Å². The molecule has 0 bridgehead atoms. The van der Waals surface area contributed by atoms with Crippen LogP contribution in [0.25, 0.3) is 0 Å². The summed E-state index contributed by atoms with van der Waals surface area (Å²) in [6, 6.07) is 1.80. The summed E-state index contributed by atoms with van der Waals surface area (Å²) >= 11 is 0. The van der Waals surface area contributed by atoms with Crippen molar-refractivity contribution in [1.82, 2.24) is 0 Å². The number of nitrogens with zero attached hydrogens (tertiary/aromatic N) is 1. The fourth-order valence-electron chi connectivity index (χ4n) is 1.96. The summed E-state index contributed by atoms with van der Waals surface area (Å²) in [7, 11) is 3.68. The van der Waals surface area contributed by atoms with Gasteiger partial charge in [-0.15, -0.1) is 0 Å². The van der Waals surface area contributed by atoms with Crippen molar-refractivity contribution in [2.75, 3.05) is 24.7 Å². The zero-order valence-electron chi connectivity index (χ0n) is 15.5. The normalized spacial score (nSPS) is 9.36. The first-order valence-corrected chi connectivity index (χ1v) is 7.97. The Morgan fingerprint density at radius 3 is 2.00 bits per heavy atom. The van der Waals surface area contributed by atoms with E-state index in [1.165, 1.54) is 0 Å². The van der Waals surface area contributed by atoms with Crippen LogP contribution in [0.4, 0.5) is 11.4 Å². The van der Waals surface area contributed by atoms with E-state index in [-0.39, 0.29) is 6.61 Å². The number of benzene rings is 1. The molecule has 0 amide bonds. The van der Waals surface area contributed by atoms with Gasteiger partial charge in [-0.05, 0) is 24.0 Å². The maximum Gasteiger partial charge on any atom is 0.150 e. The van der Waals surface area contributed by atoms with Crippen LogP contribution in [0.1, 0.15) is 63.0 Å². The highest BCUT2D eigenvalue weighted by molar-refractivity contribution is 5.87. The van der Waals surface area contributed by atoms with E-state index >= 15 is 0 Å². The molecule has 4 heteroatoms. The topological polar surface area (TPSA) is 66.6 Å². The highest BCUT2D eigenvalue weighted by atomic mass is 16.3. The second-order valence-corrected chi connectivity index (χ2v) is 5.62. The molecule has 1 aromatic rings. The first-order valence-electron chi connectivity index (χ1n) is 7.97. The number of aldehydes is 1. The second-order valence-electron chi connectivity index (χ2n) is 5.62. The first kappa shape index (κ1) is 22.7. The number of carbonyl (C=O) groups excluding carboxylic acids is 1. The van der Waals surface area contributed by atoms with Crippen LogP contribution < -0.4 is 10.6 Å². The monoisotopic (exact) mass is 310 g/mol. The molecule has 0 radical (unpaired) electrons. The number of rotatable bonds is 4. The van der Waals surface area contributed by atoms with E-state index in [2.05, 4.69) is 20.8 Å². The molecule has 0 fully saturated rings. The zero-order chi connectivity index (χ0) is 17.9. The number of nitrogen functional groups attached to an aromatic ring is 1. The molecule has 0 aromatic heterocycles. The molecule has 0 saturated heterocycles. The van der Waals surface area contributed by atoms with Crippen molar-refractivity contribution in [1.29, 1.82) is 0 Å². The van der Waals surface area contributed by atoms with Crippen molar-refractivity contribution in [3.63, 3.8) is 0 Å². The molecular formula is C18H34N2O2. The van der Waals surface area contributed by atoms with Gasteiger partial charge in [-0.1, -0.05) is 41.5 Å². The molecule has 0 aliphatic carbocycles. The Morgan fingerprint density at radius 1 is 1.27 bits per heavy atom. The molecule has 0 spiro atoms. The fourth-order valence-corrected chi connectivity index (χ4v) is 1.96. The van der Waals surface area contributed by atoms with Crippen molar-refractivity contribution in [2.24, 2.45) is 5.92 Å². The number of carbonyl (C=O) groups is 1. The number of aliphatic hydroxyl groups excluding tert-OH is 1. The van der Waals surface area contributed by atoms with Crippen molar-refractivity contribution in [3.05, 3.63) is 22.8 Å². The van der Waals surface area contributed by atoms with Crippen LogP contribution in [-0.2, 0) is 13.0 Å². The zero-order valence-corrected chi connectivity index (χ0v) is 15.5. The van der Waals surface area contributed by atoms with Gasteiger partial charge in [-0.2, -0.15) is 0 Å². The average molecular weight is 310 g/mol. The Bertz CT molecular complexity index is 438. The van der Waals surface area contributed by atoms with Crippen LogP contribution in [0.15, 0.2) is 6.07 Å². The Morgan fingerprint density at radius 2 is 1.73 bits per heavy atom. The van der Waals surface area contributed by atoms with Gasteiger partial charge in [0.05, 0.1) is 18.0 Å². The van der Waals surface area contributed by atoms with Crippen molar-refractivity contribution in [2.45, 2.75) is 54.6 Å². The first-order chi connectivity index (χ1) is 10.3. The number of hydrogen-bond acceptors (Lipinski definition) is 4. The van der Waals surface area contributed by atoms with Crippen LogP contribution in [0.3, 0.4) is 0 Å². The van der Waals surface area contributed by atoms with E-state index in [1.807, 2.05) is 39.8 Å². The third-order valence-electron chi connectivity index (χ3n) is 2.66. The summed E-state index contributed by atoms with van der Waals surface area (Å²) < 4.78 is 0. The summed E-state index contributed by atoms with van der Waals surface area (Å²) in [6.45, 7) is 12.3. The minimum Gasteiger partial charge on any atom is -0.397 e. The smallest absolute Gasteiger partial charge is 0.150 e. The van der Waals surface area contributed by atoms with Gasteiger partial charge in [-0.3, -0.25) is 4.79 Å². The van der Waals surface area contributed by atoms with Gasteiger partial charge < -0.3 is 15.7 Å². The average Bonchev–Trinajstić information content (AvgIpc) is 2.46.